The molecule has 0 aliphatic carbocycles. The summed E-state index contributed by atoms with van der Waals surface area (Å²) in [7, 11) is 0. The summed E-state index contributed by atoms with van der Waals surface area (Å²) in [4.78, 5) is 8.35. The maximum atomic E-state index is 13.5. The van der Waals surface area contributed by atoms with Crippen LogP contribution in [0.3, 0.4) is 0 Å². The first-order chi connectivity index (χ1) is 10.5. The molecular weight excluding hydrogens is 285 g/mol. The minimum Gasteiger partial charge on any atom is -0.486 e. The highest BCUT2D eigenvalue weighted by atomic mass is 19.1. The van der Waals surface area contributed by atoms with Gasteiger partial charge in [-0.05, 0) is 32.9 Å². The van der Waals surface area contributed by atoms with Gasteiger partial charge in [-0.2, -0.15) is 4.98 Å². The molecule has 2 aromatic rings. The normalized spacial score (nSPS) is 12.0. The Labute approximate surface area is 129 Å². The molecule has 0 saturated heterocycles. The Hall–Kier alpha value is -2.37. The Morgan fingerprint density at radius 3 is 2.64 bits per heavy atom. The second kappa shape index (κ2) is 7.59. The monoisotopic (exact) mass is 305 g/mol. The van der Waals surface area contributed by atoms with Gasteiger partial charge in [-0.25, -0.2) is 4.39 Å². The summed E-state index contributed by atoms with van der Waals surface area (Å²) >= 11 is 0. The molecule has 0 amide bonds. The lowest BCUT2D eigenvalue weighted by Gasteiger charge is -2.16. The lowest BCUT2D eigenvalue weighted by atomic mass is 10.3. The summed E-state index contributed by atoms with van der Waals surface area (Å²) in [5.41, 5.74) is 0. The highest BCUT2D eigenvalue weighted by Gasteiger charge is 2.09. The fourth-order valence-corrected chi connectivity index (χ4v) is 1.78. The summed E-state index contributed by atoms with van der Waals surface area (Å²) in [6, 6.07) is 6.33. The highest BCUT2D eigenvalue weighted by Crippen LogP contribution is 2.17. The zero-order valence-corrected chi connectivity index (χ0v) is 12.9. The van der Waals surface area contributed by atoms with Crippen molar-refractivity contribution in [3.8, 4) is 11.6 Å². The SMILES string of the molecule is CC(C)Oc1cncc(NCC(C)Oc2ccccc2F)n1. The molecule has 0 aliphatic rings. The van der Waals surface area contributed by atoms with Crippen molar-refractivity contribution in [2.75, 3.05) is 11.9 Å². The molecule has 1 aromatic heterocycles. The van der Waals surface area contributed by atoms with Crippen molar-refractivity contribution in [3.05, 3.63) is 42.5 Å². The molecule has 5 nitrogen and oxygen atoms in total. The molecule has 0 radical (unpaired) electrons. The van der Waals surface area contributed by atoms with E-state index in [2.05, 4.69) is 15.3 Å². The van der Waals surface area contributed by atoms with Gasteiger partial charge in [-0.3, -0.25) is 4.98 Å². The molecule has 22 heavy (non-hydrogen) atoms. The van der Waals surface area contributed by atoms with Crippen molar-refractivity contribution in [3.63, 3.8) is 0 Å². The number of anilines is 1. The lowest BCUT2D eigenvalue weighted by molar-refractivity contribution is 0.223. The average Bonchev–Trinajstić information content (AvgIpc) is 2.47. The number of rotatable bonds is 7. The van der Waals surface area contributed by atoms with Gasteiger partial charge in [0.2, 0.25) is 5.88 Å². The van der Waals surface area contributed by atoms with Crippen LogP contribution < -0.4 is 14.8 Å². The molecule has 1 N–H and O–H groups in total. The van der Waals surface area contributed by atoms with E-state index in [-0.39, 0.29) is 23.8 Å². The highest BCUT2D eigenvalue weighted by molar-refractivity contribution is 5.33. The summed E-state index contributed by atoms with van der Waals surface area (Å²) in [6.07, 6.45) is 2.97. The van der Waals surface area contributed by atoms with Crippen molar-refractivity contribution in [2.45, 2.75) is 33.0 Å². The number of halogens is 1. The van der Waals surface area contributed by atoms with Crippen molar-refractivity contribution in [1.29, 1.82) is 0 Å². The van der Waals surface area contributed by atoms with E-state index in [1.54, 1.807) is 30.6 Å². The van der Waals surface area contributed by atoms with Gasteiger partial charge in [0.15, 0.2) is 11.6 Å². The van der Waals surface area contributed by atoms with Gasteiger partial charge in [-0.15, -0.1) is 0 Å². The smallest absolute Gasteiger partial charge is 0.234 e. The number of nitrogens with zero attached hydrogens (tertiary/aromatic N) is 2. The Balaban J connectivity index is 1.88. The Morgan fingerprint density at radius 2 is 1.91 bits per heavy atom. The molecule has 0 spiro atoms. The third-order valence-electron chi connectivity index (χ3n) is 2.70. The average molecular weight is 305 g/mol. The minimum atomic E-state index is -0.374. The quantitative estimate of drug-likeness (QED) is 0.850. The van der Waals surface area contributed by atoms with Gasteiger partial charge in [0.05, 0.1) is 25.0 Å². The molecule has 0 aliphatic heterocycles. The van der Waals surface area contributed by atoms with Crippen LogP contribution in [-0.2, 0) is 0 Å². The largest absolute Gasteiger partial charge is 0.486 e. The number of para-hydroxylation sites is 1. The van der Waals surface area contributed by atoms with Crippen LogP contribution in [0.4, 0.5) is 10.2 Å². The maximum absolute atomic E-state index is 13.5. The molecule has 0 bridgehead atoms. The van der Waals surface area contributed by atoms with E-state index < -0.39 is 0 Å². The zero-order valence-electron chi connectivity index (χ0n) is 12.9. The molecule has 0 fully saturated rings. The van der Waals surface area contributed by atoms with Crippen molar-refractivity contribution < 1.29 is 13.9 Å². The van der Waals surface area contributed by atoms with E-state index >= 15 is 0 Å². The summed E-state index contributed by atoms with van der Waals surface area (Å²) in [5.74, 6) is 0.908. The van der Waals surface area contributed by atoms with Crippen LogP contribution in [0.2, 0.25) is 0 Å². The fraction of sp³-hybridized carbons (Fsp3) is 0.375. The number of hydrogen-bond acceptors (Lipinski definition) is 5. The number of hydrogen-bond donors (Lipinski definition) is 1. The summed E-state index contributed by atoms with van der Waals surface area (Å²) in [6.45, 7) is 6.16. The first kappa shape index (κ1) is 16.0. The second-order valence-electron chi connectivity index (χ2n) is 5.15. The van der Waals surface area contributed by atoms with Gasteiger partial charge in [0.25, 0.3) is 0 Å². The second-order valence-corrected chi connectivity index (χ2v) is 5.15. The lowest BCUT2D eigenvalue weighted by Crippen LogP contribution is -2.23. The minimum absolute atomic E-state index is 0.0351. The Kier molecular flexibility index (Phi) is 5.52. The zero-order chi connectivity index (χ0) is 15.9. The van der Waals surface area contributed by atoms with Crippen LogP contribution in [0.25, 0.3) is 0 Å². The van der Waals surface area contributed by atoms with Gasteiger partial charge >= 0.3 is 0 Å². The van der Waals surface area contributed by atoms with Gasteiger partial charge in [0.1, 0.15) is 11.9 Å². The van der Waals surface area contributed by atoms with Crippen LogP contribution >= 0.6 is 0 Å². The van der Waals surface area contributed by atoms with E-state index in [0.29, 0.717) is 18.2 Å². The van der Waals surface area contributed by atoms with Crippen LogP contribution in [0.5, 0.6) is 11.6 Å². The maximum Gasteiger partial charge on any atom is 0.234 e. The Bertz CT molecular complexity index is 607. The number of benzene rings is 1. The van der Waals surface area contributed by atoms with Crippen molar-refractivity contribution in [1.82, 2.24) is 9.97 Å². The molecule has 1 heterocycles. The summed E-state index contributed by atoms with van der Waals surface area (Å²) in [5, 5.41) is 3.10. The van der Waals surface area contributed by atoms with E-state index in [0.717, 1.165) is 0 Å². The molecule has 1 unspecified atom stereocenters. The van der Waals surface area contributed by atoms with E-state index in [1.807, 2.05) is 20.8 Å². The predicted octanol–water partition coefficient (Wildman–Crippen LogP) is 3.28. The van der Waals surface area contributed by atoms with Crippen LogP contribution in [-0.4, -0.2) is 28.7 Å². The fourth-order valence-electron chi connectivity index (χ4n) is 1.78. The third kappa shape index (κ3) is 4.87. The van der Waals surface area contributed by atoms with Crippen molar-refractivity contribution in [2.24, 2.45) is 0 Å². The van der Waals surface area contributed by atoms with Crippen LogP contribution in [0.1, 0.15) is 20.8 Å². The van der Waals surface area contributed by atoms with E-state index in [9.17, 15) is 4.39 Å². The number of nitrogens with one attached hydrogen (secondary N) is 1. The summed E-state index contributed by atoms with van der Waals surface area (Å²) < 4.78 is 24.5. The van der Waals surface area contributed by atoms with Crippen LogP contribution in [0.15, 0.2) is 36.7 Å². The first-order valence-electron chi connectivity index (χ1n) is 7.18. The van der Waals surface area contributed by atoms with Crippen molar-refractivity contribution >= 4 is 5.82 Å². The molecule has 1 aromatic carbocycles. The van der Waals surface area contributed by atoms with Gasteiger partial charge < -0.3 is 14.8 Å². The van der Waals surface area contributed by atoms with Crippen LogP contribution in [0, 0.1) is 5.82 Å². The van der Waals surface area contributed by atoms with Gasteiger partial charge in [0, 0.05) is 0 Å². The first-order valence-corrected chi connectivity index (χ1v) is 7.18. The Morgan fingerprint density at radius 1 is 1.14 bits per heavy atom. The van der Waals surface area contributed by atoms with E-state index in [4.69, 9.17) is 9.47 Å². The molecule has 6 heteroatoms. The molecular formula is C16H20FN3O2. The topological polar surface area (TPSA) is 56.3 Å². The molecule has 118 valence electrons. The van der Waals surface area contributed by atoms with E-state index in [1.165, 1.54) is 6.07 Å². The third-order valence-corrected chi connectivity index (χ3v) is 2.70. The molecule has 0 saturated carbocycles. The molecule has 1 atom stereocenters. The number of ether oxygens (including phenoxy) is 2. The molecule has 2 rings (SSSR count). The predicted molar refractivity (Wildman–Crippen MR) is 82.8 cm³/mol. The number of aromatic nitrogens is 2. The standard InChI is InChI=1S/C16H20FN3O2/c1-11(2)21-16-10-18-9-15(20-16)19-8-12(3)22-14-7-5-4-6-13(14)17/h4-7,9-12H,8H2,1-3H3,(H,19,20). The van der Waals surface area contributed by atoms with Gasteiger partial charge in [-0.1, -0.05) is 12.1 Å².